The predicted octanol–water partition coefficient (Wildman–Crippen LogP) is 1.62. The molecular formula is C6H10KO. The molecule has 0 aromatic rings. The average Bonchev–Trinajstić information content (AvgIpc) is 1.69. The molecule has 0 heterocycles. The zero-order valence-corrected chi connectivity index (χ0v) is 8.48. The zero-order valence-electron chi connectivity index (χ0n) is 5.35. The van der Waals surface area contributed by atoms with Crippen molar-refractivity contribution in [1.29, 1.82) is 0 Å². The first-order chi connectivity index (χ1) is 3.39. The van der Waals surface area contributed by atoms with Crippen LogP contribution in [0.2, 0.25) is 0 Å². The van der Waals surface area contributed by atoms with Crippen molar-refractivity contribution in [3.05, 3.63) is 11.8 Å². The maximum absolute atomic E-state index is 8.77. The van der Waals surface area contributed by atoms with Gasteiger partial charge >= 0.3 is 0 Å². The number of allylic oxidation sites excluding steroid dienone is 2. The molecule has 1 rings (SSSR count). The molecule has 0 fully saturated rings. The van der Waals surface area contributed by atoms with Crippen LogP contribution in [0.25, 0.3) is 0 Å². The van der Waals surface area contributed by atoms with Crippen molar-refractivity contribution in [3.8, 4) is 0 Å². The molecule has 0 atom stereocenters. The van der Waals surface area contributed by atoms with Crippen molar-refractivity contribution in [2.75, 3.05) is 0 Å². The van der Waals surface area contributed by atoms with E-state index in [1.165, 1.54) is 12.8 Å². The molecular weight excluding hydrogens is 127 g/mol. The van der Waals surface area contributed by atoms with Crippen LogP contribution in [-0.2, 0) is 0 Å². The van der Waals surface area contributed by atoms with Crippen molar-refractivity contribution in [1.82, 2.24) is 0 Å². The minimum Gasteiger partial charge on any atom is -0.513 e. The van der Waals surface area contributed by atoms with Crippen LogP contribution in [0.4, 0.5) is 0 Å². The van der Waals surface area contributed by atoms with Crippen LogP contribution in [0.1, 0.15) is 25.7 Å². The Morgan fingerprint density at radius 1 is 1.38 bits per heavy atom. The van der Waals surface area contributed by atoms with Gasteiger partial charge in [0.25, 0.3) is 0 Å². The zero-order chi connectivity index (χ0) is 5.11. The van der Waals surface area contributed by atoms with Crippen molar-refractivity contribution < 1.29 is 5.11 Å². The SMILES string of the molecule is OC1=CCCCC1.[K]. The van der Waals surface area contributed by atoms with E-state index < -0.39 is 0 Å². The summed E-state index contributed by atoms with van der Waals surface area (Å²) >= 11 is 0. The van der Waals surface area contributed by atoms with Gasteiger partial charge in [-0.15, -0.1) is 0 Å². The monoisotopic (exact) mass is 137 g/mol. The molecule has 0 saturated heterocycles. The molecule has 0 unspecified atom stereocenters. The van der Waals surface area contributed by atoms with Crippen LogP contribution < -0.4 is 0 Å². The van der Waals surface area contributed by atoms with Gasteiger partial charge in [-0.1, -0.05) is 0 Å². The van der Waals surface area contributed by atoms with E-state index in [1.807, 2.05) is 6.08 Å². The molecule has 1 nitrogen and oxygen atoms in total. The van der Waals surface area contributed by atoms with Crippen molar-refractivity contribution in [2.24, 2.45) is 0 Å². The molecule has 1 N–H and O–H groups in total. The summed E-state index contributed by atoms with van der Waals surface area (Å²) in [6, 6.07) is 0. The first-order valence-electron chi connectivity index (χ1n) is 2.77. The Bertz CT molecular complexity index is 88.5. The number of rotatable bonds is 0. The molecule has 8 heavy (non-hydrogen) atoms. The van der Waals surface area contributed by atoms with Gasteiger partial charge in [0, 0.05) is 57.8 Å². The van der Waals surface area contributed by atoms with Gasteiger partial charge in [0.15, 0.2) is 0 Å². The second-order valence-electron chi connectivity index (χ2n) is 1.94. The van der Waals surface area contributed by atoms with E-state index in [2.05, 4.69) is 0 Å². The fourth-order valence-corrected chi connectivity index (χ4v) is 0.821. The Kier molecular flexibility index (Phi) is 5.74. The summed E-state index contributed by atoms with van der Waals surface area (Å²) in [5.41, 5.74) is 0. The van der Waals surface area contributed by atoms with E-state index in [0.717, 1.165) is 12.8 Å². The van der Waals surface area contributed by atoms with Crippen LogP contribution in [-0.4, -0.2) is 56.5 Å². The molecule has 0 bridgehead atoms. The Hall–Kier alpha value is 1.18. The van der Waals surface area contributed by atoms with E-state index in [4.69, 9.17) is 5.11 Å². The summed E-state index contributed by atoms with van der Waals surface area (Å²) in [4.78, 5) is 0. The molecule has 41 valence electrons. The molecule has 0 amide bonds. The predicted molar refractivity (Wildman–Crippen MR) is 34.9 cm³/mol. The number of hydrogen-bond donors (Lipinski definition) is 1. The van der Waals surface area contributed by atoms with Crippen LogP contribution in [0.5, 0.6) is 0 Å². The second-order valence-corrected chi connectivity index (χ2v) is 1.94. The van der Waals surface area contributed by atoms with E-state index in [-0.39, 0.29) is 51.4 Å². The Morgan fingerprint density at radius 2 is 2.12 bits per heavy atom. The standard InChI is InChI=1S/C6H10O.K/c7-6-4-2-1-3-5-6;/h4,7H,1-3,5H2;. The topological polar surface area (TPSA) is 20.2 Å². The molecule has 0 saturated carbocycles. The van der Waals surface area contributed by atoms with Gasteiger partial charge in [0.1, 0.15) is 0 Å². The van der Waals surface area contributed by atoms with E-state index >= 15 is 0 Å². The maximum Gasteiger partial charge on any atom is 0.0882 e. The van der Waals surface area contributed by atoms with Crippen molar-refractivity contribution in [2.45, 2.75) is 25.7 Å². The van der Waals surface area contributed by atoms with Crippen LogP contribution in [0.3, 0.4) is 0 Å². The summed E-state index contributed by atoms with van der Waals surface area (Å²) < 4.78 is 0. The molecule has 1 radical (unpaired) electrons. The van der Waals surface area contributed by atoms with Crippen molar-refractivity contribution in [3.63, 3.8) is 0 Å². The molecule has 0 aliphatic heterocycles. The normalized spacial score (nSPS) is 18.8. The summed E-state index contributed by atoms with van der Waals surface area (Å²) in [5, 5.41) is 8.77. The van der Waals surface area contributed by atoms with Gasteiger partial charge in [-0.05, 0) is 25.3 Å². The van der Waals surface area contributed by atoms with Gasteiger partial charge in [-0.25, -0.2) is 0 Å². The molecule has 1 aliphatic carbocycles. The maximum atomic E-state index is 8.77. The van der Waals surface area contributed by atoms with E-state index in [1.54, 1.807) is 0 Å². The van der Waals surface area contributed by atoms with E-state index in [9.17, 15) is 0 Å². The third kappa shape index (κ3) is 3.25. The Labute approximate surface area is 92.6 Å². The van der Waals surface area contributed by atoms with Crippen molar-refractivity contribution >= 4 is 51.4 Å². The van der Waals surface area contributed by atoms with Crippen LogP contribution in [0, 0.1) is 0 Å². The fraction of sp³-hybridized carbons (Fsp3) is 0.667. The van der Waals surface area contributed by atoms with Gasteiger partial charge in [-0.3, -0.25) is 0 Å². The molecule has 0 aromatic carbocycles. The fourth-order valence-electron chi connectivity index (χ4n) is 0.821. The third-order valence-electron chi connectivity index (χ3n) is 1.27. The smallest absolute Gasteiger partial charge is 0.0882 e. The summed E-state index contributed by atoms with van der Waals surface area (Å²) in [6.07, 6.45) is 6.31. The second kappa shape index (κ2) is 5.00. The molecule has 1 aliphatic rings. The van der Waals surface area contributed by atoms with Gasteiger partial charge < -0.3 is 5.11 Å². The van der Waals surface area contributed by atoms with Gasteiger partial charge in [0.2, 0.25) is 0 Å². The van der Waals surface area contributed by atoms with Crippen LogP contribution >= 0.6 is 0 Å². The summed E-state index contributed by atoms with van der Waals surface area (Å²) in [5.74, 6) is 0.589. The Morgan fingerprint density at radius 3 is 2.38 bits per heavy atom. The summed E-state index contributed by atoms with van der Waals surface area (Å²) in [7, 11) is 0. The number of aliphatic hydroxyl groups is 1. The molecule has 0 aromatic heterocycles. The average molecular weight is 137 g/mol. The largest absolute Gasteiger partial charge is 0.513 e. The quantitative estimate of drug-likeness (QED) is 0.503. The first kappa shape index (κ1) is 9.18. The Balaban J connectivity index is 0.000000490. The summed E-state index contributed by atoms with van der Waals surface area (Å²) in [6.45, 7) is 0. The first-order valence-corrected chi connectivity index (χ1v) is 2.77. The van der Waals surface area contributed by atoms with Gasteiger partial charge in [0.05, 0.1) is 5.76 Å². The minimum absolute atomic E-state index is 0. The minimum atomic E-state index is 0. The van der Waals surface area contributed by atoms with Gasteiger partial charge in [-0.2, -0.15) is 0 Å². The molecule has 0 spiro atoms. The number of hydrogen-bond acceptors (Lipinski definition) is 1. The van der Waals surface area contributed by atoms with Crippen LogP contribution in [0.15, 0.2) is 11.8 Å². The number of aliphatic hydroxyl groups excluding tert-OH is 1. The third-order valence-corrected chi connectivity index (χ3v) is 1.27. The molecule has 2 heteroatoms. The van der Waals surface area contributed by atoms with E-state index in [0.29, 0.717) is 5.76 Å².